The zero-order valence-corrected chi connectivity index (χ0v) is 14.2. The first-order valence-corrected chi connectivity index (χ1v) is 9.53. The molecular weight excluding hydrogens is 306 g/mol. The molecule has 0 amide bonds. The van der Waals surface area contributed by atoms with E-state index >= 15 is 0 Å². The molecule has 0 unspecified atom stereocenters. The van der Waals surface area contributed by atoms with Crippen LogP contribution in [0.5, 0.6) is 0 Å². The molecule has 0 saturated carbocycles. The van der Waals surface area contributed by atoms with Crippen LogP contribution >= 0.6 is 11.8 Å². The van der Waals surface area contributed by atoms with Crippen LogP contribution in [0.25, 0.3) is 11.0 Å². The Kier molecular flexibility index (Phi) is 5.29. The predicted octanol–water partition coefficient (Wildman–Crippen LogP) is 2.43. The van der Waals surface area contributed by atoms with Gasteiger partial charge >= 0.3 is 0 Å². The van der Waals surface area contributed by atoms with Gasteiger partial charge in [0.05, 0.1) is 16.8 Å². The van der Waals surface area contributed by atoms with Crippen LogP contribution in [0, 0.1) is 0 Å². The van der Waals surface area contributed by atoms with Gasteiger partial charge in [-0.3, -0.25) is 0 Å². The Balaban J connectivity index is 2.01. The van der Waals surface area contributed by atoms with Crippen molar-refractivity contribution in [1.82, 2.24) is 13.9 Å². The number of rotatable bonds is 7. The molecule has 1 aromatic carbocycles. The molecule has 0 saturated heterocycles. The highest BCUT2D eigenvalue weighted by molar-refractivity contribution is 7.99. The number of thioether (sulfide) groups is 1. The largest absolute Gasteiger partial charge is 0.319 e. The summed E-state index contributed by atoms with van der Waals surface area (Å²) in [6.07, 6.45) is 0.623. The van der Waals surface area contributed by atoms with E-state index in [1.165, 1.54) is 4.31 Å². The molecule has 2 aromatic rings. The Morgan fingerprint density at radius 3 is 2.67 bits per heavy atom. The molecule has 0 atom stereocenters. The number of fused-ring (bicyclic) bond motifs is 1. The van der Waals surface area contributed by atoms with Crippen molar-refractivity contribution in [3.63, 3.8) is 0 Å². The van der Waals surface area contributed by atoms with E-state index in [0.717, 1.165) is 28.5 Å². The highest BCUT2D eigenvalue weighted by Crippen LogP contribution is 2.24. The van der Waals surface area contributed by atoms with E-state index in [-0.39, 0.29) is 5.75 Å². The van der Waals surface area contributed by atoms with Gasteiger partial charge in [-0.1, -0.05) is 23.9 Å². The van der Waals surface area contributed by atoms with Gasteiger partial charge in [-0.15, -0.1) is 0 Å². The summed E-state index contributed by atoms with van der Waals surface area (Å²) in [6, 6.07) is 8.05. The molecule has 2 rings (SSSR count). The molecule has 7 heteroatoms. The summed E-state index contributed by atoms with van der Waals surface area (Å²) in [5.74, 6) is 0.926. The lowest BCUT2D eigenvalue weighted by Gasteiger charge is -2.10. The van der Waals surface area contributed by atoms with E-state index in [4.69, 9.17) is 0 Å². The Morgan fingerprint density at radius 2 is 2.00 bits per heavy atom. The molecule has 0 aliphatic carbocycles. The first-order chi connectivity index (χ1) is 9.95. The second kappa shape index (κ2) is 6.81. The van der Waals surface area contributed by atoms with Gasteiger partial charge in [0.15, 0.2) is 5.16 Å². The second-order valence-electron chi connectivity index (χ2n) is 4.93. The van der Waals surface area contributed by atoms with Crippen LogP contribution in [-0.2, 0) is 16.6 Å². The molecule has 116 valence electrons. The monoisotopic (exact) mass is 327 g/mol. The zero-order valence-electron chi connectivity index (χ0n) is 12.6. The van der Waals surface area contributed by atoms with Crippen molar-refractivity contribution in [2.45, 2.75) is 25.0 Å². The van der Waals surface area contributed by atoms with Crippen molar-refractivity contribution >= 4 is 32.8 Å². The topological polar surface area (TPSA) is 55.2 Å². The summed E-state index contributed by atoms with van der Waals surface area (Å²) in [7, 11) is 0.0367. The molecule has 1 aromatic heterocycles. The maximum absolute atomic E-state index is 11.7. The van der Waals surface area contributed by atoms with Gasteiger partial charge in [0.25, 0.3) is 0 Å². The fourth-order valence-corrected chi connectivity index (χ4v) is 4.13. The molecule has 0 aliphatic heterocycles. The maximum atomic E-state index is 11.7. The number of imidazole rings is 1. The first-order valence-electron chi connectivity index (χ1n) is 6.94. The summed E-state index contributed by atoms with van der Waals surface area (Å²) >= 11 is 1.62. The van der Waals surface area contributed by atoms with Gasteiger partial charge in [0.2, 0.25) is 10.0 Å². The molecule has 0 fully saturated rings. The Morgan fingerprint density at radius 1 is 1.29 bits per heavy atom. The summed E-state index contributed by atoms with van der Waals surface area (Å²) < 4.78 is 26.8. The summed E-state index contributed by atoms with van der Waals surface area (Å²) in [5.41, 5.74) is 2.12. The lowest BCUT2D eigenvalue weighted by atomic mass is 10.3. The fraction of sp³-hybridized carbons (Fsp3) is 0.500. The number of sulfonamides is 1. The van der Waals surface area contributed by atoms with Crippen LogP contribution in [0.15, 0.2) is 29.4 Å². The number of aromatic nitrogens is 2. The van der Waals surface area contributed by atoms with Gasteiger partial charge in [0, 0.05) is 26.4 Å². The second-order valence-corrected chi connectivity index (χ2v) is 8.29. The van der Waals surface area contributed by atoms with Crippen LogP contribution in [0.4, 0.5) is 0 Å². The van der Waals surface area contributed by atoms with Crippen LogP contribution in [0.1, 0.15) is 13.3 Å². The van der Waals surface area contributed by atoms with Gasteiger partial charge in [-0.2, -0.15) is 0 Å². The van der Waals surface area contributed by atoms with Crippen LogP contribution in [0.3, 0.4) is 0 Å². The minimum absolute atomic E-state index is 0.180. The van der Waals surface area contributed by atoms with Crippen molar-refractivity contribution in [1.29, 1.82) is 0 Å². The van der Waals surface area contributed by atoms with Crippen LogP contribution < -0.4 is 0 Å². The summed E-state index contributed by atoms with van der Waals surface area (Å²) in [5, 5.41) is 0.959. The molecule has 0 spiro atoms. The molecule has 0 bridgehead atoms. The quantitative estimate of drug-likeness (QED) is 0.579. The lowest BCUT2D eigenvalue weighted by Crippen LogP contribution is -2.25. The number of hydrogen-bond acceptors (Lipinski definition) is 4. The lowest BCUT2D eigenvalue weighted by molar-refractivity contribution is 0.520. The molecule has 21 heavy (non-hydrogen) atoms. The van der Waals surface area contributed by atoms with E-state index in [0.29, 0.717) is 6.42 Å². The van der Waals surface area contributed by atoms with Crippen molar-refractivity contribution in [2.75, 3.05) is 25.6 Å². The first kappa shape index (κ1) is 16.3. The van der Waals surface area contributed by atoms with Gasteiger partial charge < -0.3 is 4.57 Å². The molecule has 0 N–H and O–H groups in total. The average Bonchev–Trinajstić information content (AvgIpc) is 2.80. The molecule has 0 radical (unpaired) electrons. The van der Waals surface area contributed by atoms with Gasteiger partial charge in [-0.05, 0) is 25.5 Å². The number of hydrogen-bond donors (Lipinski definition) is 0. The number of nitrogens with zero attached hydrogens (tertiary/aromatic N) is 3. The highest BCUT2D eigenvalue weighted by Gasteiger charge is 2.14. The number of aryl methyl sites for hydroxylation is 1. The Labute approximate surface area is 130 Å². The third-order valence-corrected chi connectivity index (χ3v) is 6.25. The number of benzene rings is 1. The standard InChI is InChI=1S/C14H21N3O2S2/c1-4-17-13-9-6-5-8-12(13)15-14(17)20-10-7-11-21(18,19)16(2)3/h5-6,8-9H,4,7,10-11H2,1-3H3. The fourth-order valence-electron chi connectivity index (χ4n) is 2.06. The third-order valence-electron chi connectivity index (χ3n) is 3.27. The minimum atomic E-state index is -3.10. The maximum Gasteiger partial charge on any atom is 0.213 e. The summed E-state index contributed by atoms with van der Waals surface area (Å²) in [4.78, 5) is 4.62. The minimum Gasteiger partial charge on any atom is -0.319 e. The Bertz CT molecular complexity index is 708. The van der Waals surface area contributed by atoms with E-state index in [9.17, 15) is 8.42 Å². The van der Waals surface area contributed by atoms with E-state index in [1.54, 1.807) is 25.9 Å². The molecule has 1 heterocycles. The van der Waals surface area contributed by atoms with Crippen molar-refractivity contribution in [3.05, 3.63) is 24.3 Å². The normalized spacial score (nSPS) is 12.4. The molecule has 0 aliphatic rings. The van der Waals surface area contributed by atoms with Gasteiger partial charge in [-0.25, -0.2) is 17.7 Å². The molecule has 5 nitrogen and oxygen atoms in total. The third kappa shape index (κ3) is 3.78. The number of para-hydroxylation sites is 2. The van der Waals surface area contributed by atoms with Crippen LogP contribution in [-0.4, -0.2) is 47.9 Å². The zero-order chi connectivity index (χ0) is 15.5. The summed E-state index contributed by atoms with van der Waals surface area (Å²) in [6.45, 7) is 2.95. The average molecular weight is 327 g/mol. The smallest absolute Gasteiger partial charge is 0.213 e. The SMILES string of the molecule is CCn1c(SCCCS(=O)(=O)N(C)C)nc2ccccc21. The van der Waals surface area contributed by atoms with E-state index in [1.807, 2.05) is 18.2 Å². The van der Waals surface area contributed by atoms with E-state index in [2.05, 4.69) is 22.5 Å². The predicted molar refractivity (Wildman–Crippen MR) is 88.2 cm³/mol. The van der Waals surface area contributed by atoms with Crippen molar-refractivity contribution in [2.24, 2.45) is 0 Å². The van der Waals surface area contributed by atoms with Crippen molar-refractivity contribution < 1.29 is 8.42 Å². The van der Waals surface area contributed by atoms with E-state index < -0.39 is 10.0 Å². The van der Waals surface area contributed by atoms with Crippen molar-refractivity contribution in [3.8, 4) is 0 Å². The Hall–Kier alpha value is -1.05. The molecular formula is C14H21N3O2S2. The highest BCUT2D eigenvalue weighted by atomic mass is 32.2. The van der Waals surface area contributed by atoms with Crippen LogP contribution in [0.2, 0.25) is 0 Å². The van der Waals surface area contributed by atoms with Gasteiger partial charge in [0.1, 0.15) is 0 Å².